The Morgan fingerprint density at radius 1 is 1.32 bits per heavy atom. The van der Waals surface area contributed by atoms with Crippen molar-refractivity contribution in [1.82, 2.24) is 0 Å². The van der Waals surface area contributed by atoms with E-state index < -0.39 is 29.5 Å². The molecule has 8 heteroatoms. The number of benzene rings is 1. The first-order chi connectivity index (χ1) is 8.99. The number of nitrogens with one attached hydrogen (secondary N) is 1. The van der Waals surface area contributed by atoms with E-state index in [0.717, 1.165) is 0 Å². The summed E-state index contributed by atoms with van der Waals surface area (Å²) in [6.07, 6.45) is -4.76. The molecule has 0 spiro atoms. The molecule has 0 aliphatic carbocycles. The van der Waals surface area contributed by atoms with E-state index in [9.17, 15) is 25.4 Å². The summed E-state index contributed by atoms with van der Waals surface area (Å²) in [6, 6.07) is 5.68. The lowest BCUT2D eigenvalue weighted by molar-refractivity contribution is -0.384. The number of non-ortho nitro benzene ring substituents is 1. The van der Waals surface area contributed by atoms with Crippen LogP contribution in [-0.2, 0) is 4.74 Å². The molecule has 1 aliphatic heterocycles. The van der Waals surface area contributed by atoms with E-state index in [1.807, 2.05) is 0 Å². The molecule has 0 saturated carbocycles. The molecule has 1 saturated heterocycles. The monoisotopic (exact) mass is 270 g/mol. The van der Waals surface area contributed by atoms with E-state index >= 15 is 0 Å². The minimum absolute atomic E-state index is 0.101. The maximum Gasteiger partial charge on any atom is 0.271 e. The summed E-state index contributed by atoms with van der Waals surface area (Å²) in [5, 5.41) is 41.9. The Hall–Kier alpha value is -1.74. The summed E-state index contributed by atoms with van der Waals surface area (Å²) in [5.41, 5.74) is 0.276. The van der Waals surface area contributed by atoms with Gasteiger partial charge in [0.1, 0.15) is 18.3 Å². The SMILES string of the molecule is O=[N+]([O-])c1cccc(N[C@@H]2OC[C@@H](O)[C@@H](O)[C@H]2O)c1. The molecule has 2 rings (SSSR count). The Morgan fingerprint density at radius 2 is 2.05 bits per heavy atom. The lowest BCUT2D eigenvalue weighted by atomic mass is 10.0. The molecular weight excluding hydrogens is 256 g/mol. The molecule has 1 aromatic rings. The van der Waals surface area contributed by atoms with Crippen molar-refractivity contribution in [3.8, 4) is 0 Å². The number of aliphatic hydroxyl groups excluding tert-OH is 3. The first-order valence-electron chi connectivity index (χ1n) is 5.66. The molecule has 104 valence electrons. The predicted octanol–water partition coefficient (Wildman–Crippen LogP) is -0.554. The Balaban J connectivity index is 2.09. The van der Waals surface area contributed by atoms with Crippen molar-refractivity contribution >= 4 is 11.4 Å². The summed E-state index contributed by atoms with van der Waals surface area (Å²) < 4.78 is 5.14. The fourth-order valence-corrected chi connectivity index (χ4v) is 1.81. The van der Waals surface area contributed by atoms with Crippen molar-refractivity contribution in [1.29, 1.82) is 0 Å². The predicted molar refractivity (Wildman–Crippen MR) is 64.5 cm³/mol. The minimum atomic E-state index is -1.33. The third kappa shape index (κ3) is 2.99. The van der Waals surface area contributed by atoms with Gasteiger partial charge in [-0.25, -0.2) is 0 Å². The molecule has 4 atom stereocenters. The van der Waals surface area contributed by atoms with Crippen LogP contribution in [0.15, 0.2) is 24.3 Å². The number of nitro benzene ring substituents is 1. The summed E-state index contributed by atoms with van der Waals surface area (Å²) in [4.78, 5) is 10.1. The average molecular weight is 270 g/mol. The fraction of sp³-hybridized carbons (Fsp3) is 0.455. The molecule has 1 aliphatic rings. The van der Waals surface area contributed by atoms with E-state index in [4.69, 9.17) is 4.74 Å². The van der Waals surface area contributed by atoms with Crippen LogP contribution in [0.25, 0.3) is 0 Å². The number of anilines is 1. The van der Waals surface area contributed by atoms with Gasteiger partial charge in [-0.3, -0.25) is 10.1 Å². The zero-order chi connectivity index (χ0) is 14.0. The van der Waals surface area contributed by atoms with Gasteiger partial charge in [-0.15, -0.1) is 0 Å². The maximum atomic E-state index is 10.6. The molecule has 0 aromatic heterocycles. The van der Waals surface area contributed by atoms with Gasteiger partial charge in [0, 0.05) is 17.8 Å². The second-order valence-corrected chi connectivity index (χ2v) is 4.25. The highest BCUT2D eigenvalue weighted by Gasteiger charge is 2.37. The summed E-state index contributed by atoms with van der Waals surface area (Å²) >= 11 is 0. The van der Waals surface area contributed by atoms with Crippen molar-refractivity contribution in [3.63, 3.8) is 0 Å². The van der Waals surface area contributed by atoms with Crippen LogP contribution in [-0.4, -0.2) is 51.4 Å². The van der Waals surface area contributed by atoms with Crippen LogP contribution in [0.2, 0.25) is 0 Å². The Morgan fingerprint density at radius 3 is 2.74 bits per heavy atom. The number of aliphatic hydroxyl groups is 3. The highest BCUT2D eigenvalue weighted by molar-refractivity contribution is 5.51. The van der Waals surface area contributed by atoms with Crippen LogP contribution in [0.5, 0.6) is 0 Å². The van der Waals surface area contributed by atoms with Gasteiger partial charge in [0.2, 0.25) is 0 Å². The molecule has 0 radical (unpaired) electrons. The normalized spacial score (nSPS) is 30.9. The Labute approximate surface area is 108 Å². The zero-order valence-corrected chi connectivity index (χ0v) is 9.84. The van der Waals surface area contributed by atoms with Crippen molar-refractivity contribution in [3.05, 3.63) is 34.4 Å². The second kappa shape index (κ2) is 5.49. The minimum Gasteiger partial charge on any atom is -0.388 e. The molecule has 0 unspecified atom stereocenters. The van der Waals surface area contributed by atoms with Crippen molar-refractivity contribution in [2.45, 2.75) is 24.5 Å². The topological polar surface area (TPSA) is 125 Å². The number of rotatable bonds is 3. The van der Waals surface area contributed by atoms with E-state index in [1.54, 1.807) is 6.07 Å². The van der Waals surface area contributed by atoms with Crippen molar-refractivity contribution < 1.29 is 25.0 Å². The first-order valence-corrected chi connectivity index (χ1v) is 5.66. The fourth-order valence-electron chi connectivity index (χ4n) is 1.81. The molecule has 1 fully saturated rings. The number of hydrogen-bond donors (Lipinski definition) is 4. The third-order valence-corrected chi connectivity index (χ3v) is 2.87. The molecule has 0 bridgehead atoms. The van der Waals surface area contributed by atoms with Gasteiger partial charge < -0.3 is 25.4 Å². The molecule has 4 N–H and O–H groups in total. The molecule has 19 heavy (non-hydrogen) atoms. The zero-order valence-electron chi connectivity index (χ0n) is 9.84. The average Bonchev–Trinajstić information content (AvgIpc) is 2.40. The van der Waals surface area contributed by atoms with Gasteiger partial charge in [0.25, 0.3) is 5.69 Å². The van der Waals surface area contributed by atoms with Gasteiger partial charge in [0.15, 0.2) is 6.23 Å². The van der Waals surface area contributed by atoms with E-state index in [1.165, 1.54) is 18.2 Å². The second-order valence-electron chi connectivity index (χ2n) is 4.25. The van der Waals surface area contributed by atoms with Gasteiger partial charge >= 0.3 is 0 Å². The van der Waals surface area contributed by atoms with Crippen LogP contribution in [0.4, 0.5) is 11.4 Å². The van der Waals surface area contributed by atoms with Crippen LogP contribution in [0.1, 0.15) is 0 Å². The highest BCUT2D eigenvalue weighted by atomic mass is 16.6. The quantitative estimate of drug-likeness (QED) is 0.428. The molecule has 1 aromatic carbocycles. The Kier molecular flexibility index (Phi) is 3.96. The van der Waals surface area contributed by atoms with Gasteiger partial charge in [-0.1, -0.05) is 6.07 Å². The van der Waals surface area contributed by atoms with Crippen molar-refractivity contribution in [2.75, 3.05) is 11.9 Å². The van der Waals surface area contributed by atoms with Crippen LogP contribution in [0.3, 0.4) is 0 Å². The number of ether oxygens (including phenoxy) is 1. The number of nitrogens with zero attached hydrogens (tertiary/aromatic N) is 1. The smallest absolute Gasteiger partial charge is 0.271 e. The van der Waals surface area contributed by atoms with E-state index in [0.29, 0.717) is 5.69 Å². The standard InChI is InChI=1S/C11H14N2O6/c14-8-5-19-11(10(16)9(8)15)12-6-2-1-3-7(4-6)13(17)18/h1-4,8-12,14-16H,5H2/t8-,9-,10-,11-/m1/s1. The molecule has 8 nitrogen and oxygen atoms in total. The van der Waals surface area contributed by atoms with Crippen LogP contribution in [0, 0.1) is 10.1 Å². The maximum absolute atomic E-state index is 10.6. The number of hydrogen-bond acceptors (Lipinski definition) is 7. The van der Waals surface area contributed by atoms with Crippen LogP contribution < -0.4 is 5.32 Å². The number of nitro groups is 1. The highest BCUT2D eigenvalue weighted by Crippen LogP contribution is 2.21. The molecular formula is C11H14N2O6. The van der Waals surface area contributed by atoms with E-state index in [2.05, 4.69) is 5.32 Å². The van der Waals surface area contributed by atoms with Gasteiger partial charge in [-0.2, -0.15) is 0 Å². The third-order valence-electron chi connectivity index (χ3n) is 2.87. The van der Waals surface area contributed by atoms with Crippen molar-refractivity contribution in [2.24, 2.45) is 0 Å². The van der Waals surface area contributed by atoms with Crippen LogP contribution >= 0.6 is 0 Å². The molecule has 0 amide bonds. The largest absolute Gasteiger partial charge is 0.388 e. The summed E-state index contributed by atoms with van der Waals surface area (Å²) in [5.74, 6) is 0. The first kappa shape index (κ1) is 13.7. The summed E-state index contributed by atoms with van der Waals surface area (Å²) in [6.45, 7) is -0.134. The Bertz CT molecular complexity index is 468. The molecule has 1 heterocycles. The van der Waals surface area contributed by atoms with Gasteiger partial charge in [-0.05, 0) is 6.07 Å². The summed E-state index contributed by atoms with van der Waals surface area (Å²) in [7, 11) is 0. The lowest BCUT2D eigenvalue weighted by Crippen LogP contribution is -2.55. The van der Waals surface area contributed by atoms with E-state index in [-0.39, 0.29) is 12.3 Å². The van der Waals surface area contributed by atoms with Gasteiger partial charge in [0.05, 0.1) is 11.5 Å². The lowest BCUT2D eigenvalue weighted by Gasteiger charge is -2.35.